The van der Waals surface area contributed by atoms with Crippen molar-refractivity contribution in [3.8, 4) is 0 Å². The lowest BCUT2D eigenvalue weighted by atomic mass is 10.2. The first-order valence-corrected chi connectivity index (χ1v) is 7.34. The maximum atomic E-state index is 11.8. The highest BCUT2D eigenvalue weighted by atomic mass is 32.2. The molecule has 0 unspecified atom stereocenters. The molecule has 1 rings (SSSR count). The summed E-state index contributed by atoms with van der Waals surface area (Å²) in [7, 11) is -3.54. The van der Waals surface area contributed by atoms with Crippen LogP contribution >= 0.6 is 0 Å². The van der Waals surface area contributed by atoms with Crippen molar-refractivity contribution >= 4 is 10.0 Å². The quantitative estimate of drug-likeness (QED) is 0.590. The SMILES string of the molecule is O=c1ccc(S(=O)(=O)NCCCCCCO)c[nH]1. The minimum absolute atomic E-state index is 0.0532. The standard InChI is InChI=1S/C11H18N2O4S/c14-8-4-2-1-3-7-13-18(16,17)10-5-6-11(15)12-9-10/h5-6,9,13-14H,1-4,7-8H2,(H,12,15). The molecule has 7 heteroatoms. The molecule has 0 saturated heterocycles. The van der Waals surface area contributed by atoms with Crippen LogP contribution in [-0.4, -0.2) is 31.7 Å². The topological polar surface area (TPSA) is 99.3 Å². The molecule has 1 heterocycles. The van der Waals surface area contributed by atoms with Crippen molar-refractivity contribution in [1.29, 1.82) is 0 Å². The average Bonchev–Trinajstić information content (AvgIpc) is 2.34. The van der Waals surface area contributed by atoms with Crippen molar-refractivity contribution in [1.82, 2.24) is 9.71 Å². The van der Waals surface area contributed by atoms with Gasteiger partial charge in [0.05, 0.1) is 4.90 Å². The Balaban J connectivity index is 2.41. The van der Waals surface area contributed by atoms with E-state index in [1.807, 2.05) is 0 Å². The Morgan fingerprint density at radius 2 is 1.89 bits per heavy atom. The van der Waals surface area contributed by atoms with Crippen LogP contribution in [0.4, 0.5) is 0 Å². The molecule has 0 aliphatic rings. The van der Waals surface area contributed by atoms with Crippen molar-refractivity contribution in [3.63, 3.8) is 0 Å². The summed E-state index contributed by atoms with van der Waals surface area (Å²) >= 11 is 0. The Morgan fingerprint density at radius 1 is 1.17 bits per heavy atom. The Hall–Kier alpha value is -1.18. The molecule has 0 spiro atoms. The van der Waals surface area contributed by atoms with Crippen LogP contribution < -0.4 is 10.3 Å². The molecule has 0 bridgehead atoms. The summed E-state index contributed by atoms with van der Waals surface area (Å²) in [4.78, 5) is 13.2. The van der Waals surface area contributed by atoms with Crippen molar-refractivity contribution < 1.29 is 13.5 Å². The van der Waals surface area contributed by atoms with Gasteiger partial charge in [0.15, 0.2) is 0 Å². The van der Waals surface area contributed by atoms with E-state index in [0.717, 1.165) is 25.7 Å². The molecule has 1 aromatic heterocycles. The predicted molar refractivity (Wildman–Crippen MR) is 67.8 cm³/mol. The summed E-state index contributed by atoms with van der Waals surface area (Å²) in [6.45, 7) is 0.524. The van der Waals surface area contributed by atoms with Crippen LogP contribution in [0.15, 0.2) is 28.0 Å². The van der Waals surface area contributed by atoms with Crippen LogP contribution in [0, 0.1) is 0 Å². The number of H-pyrrole nitrogens is 1. The molecule has 0 aliphatic heterocycles. The molecule has 0 saturated carbocycles. The van der Waals surface area contributed by atoms with Gasteiger partial charge in [0.25, 0.3) is 0 Å². The fourth-order valence-electron chi connectivity index (χ4n) is 1.44. The largest absolute Gasteiger partial charge is 0.396 e. The van der Waals surface area contributed by atoms with Gasteiger partial charge in [-0.15, -0.1) is 0 Å². The van der Waals surface area contributed by atoms with E-state index < -0.39 is 10.0 Å². The third kappa shape index (κ3) is 4.99. The third-order valence-corrected chi connectivity index (χ3v) is 3.90. The molecule has 18 heavy (non-hydrogen) atoms. The van der Waals surface area contributed by atoms with E-state index in [-0.39, 0.29) is 17.1 Å². The smallest absolute Gasteiger partial charge is 0.247 e. The number of sulfonamides is 1. The van der Waals surface area contributed by atoms with Gasteiger partial charge >= 0.3 is 0 Å². The van der Waals surface area contributed by atoms with E-state index in [2.05, 4.69) is 9.71 Å². The molecule has 3 N–H and O–H groups in total. The molecule has 0 atom stereocenters. The third-order valence-electron chi connectivity index (χ3n) is 2.44. The van der Waals surface area contributed by atoms with Crippen LogP contribution in [0.25, 0.3) is 0 Å². The molecule has 1 aromatic rings. The summed E-state index contributed by atoms with van der Waals surface area (Å²) in [6, 6.07) is 2.45. The molecule has 0 amide bonds. The first kappa shape index (κ1) is 14.9. The summed E-state index contributed by atoms with van der Waals surface area (Å²) in [5.41, 5.74) is -0.335. The number of rotatable bonds is 8. The van der Waals surface area contributed by atoms with Crippen molar-refractivity contribution in [2.75, 3.05) is 13.2 Å². The maximum Gasteiger partial charge on any atom is 0.247 e. The zero-order chi connectivity index (χ0) is 13.4. The van der Waals surface area contributed by atoms with Crippen LogP contribution in [0.5, 0.6) is 0 Å². The number of hydrogen-bond acceptors (Lipinski definition) is 4. The number of nitrogens with one attached hydrogen (secondary N) is 2. The normalized spacial score (nSPS) is 11.6. The molecule has 0 aromatic carbocycles. The van der Waals surface area contributed by atoms with Crippen molar-refractivity contribution in [2.45, 2.75) is 30.6 Å². The molecule has 102 valence electrons. The van der Waals surface area contributed by atoms with Gasteiger partial charge in [-0.1, -0.05) is 12.8 Å². The fourth-order valence-corrected chi connectivity index (χ4v) is 2.48. The highest BCUT2D eigenvalue weighted by Gasteiger charge is 2.12. The molecule has 0 fully saturated rings. The Labute approximate surface area is 106 Å². The second-order valence-corrected chi connectivity index (χ2v) is 5.69. The Bertz CT molecular complexity index is 490. The second-order valence-electron chi connectivity index (χ2n) is 3.92. The second kappa shape index (κ2) is 7.30. The first-order valence-electron chi connectivity index (χ1n) is 5.85. The van der Waals surface area contributed by atoms with Gasteiger partial charge in [-0.3, -0.25) is 4.79 Å². The predicted octanol–water partition coefficient (Wildman–Crippen LogP) is 0.206. The number of unbranched alkanes of at least 4 members (excludes halogenated alkanes) is 3. The summed E-state index contributed by atoms with van der Waals surface area (Å²) in [6.07, 6.45) is 4.40. The van der Waals surface area contributed by atoms with Gasteiger partial charge in [0, 0.05) is 25.4 Å². The lowest BCUT2D eigenvalue weighted by molar-refractivity contribution is 0.282. The van der Waals surface area contributed by atoms with E-state index in [0.29, 0.717) is 6.54 Å². The van der Waals surface area contributed by atoms with Crippen LogP contribution in [0.2, 0.25) is 0 Å². The van der Waals surface area contributed by atoms with Gasteiger partial charge in [0.1, 0.15) is 0 Å². The van der Waals surface area contributed by atoms with Gasteiger partial charge in [0.2, 0.25) is 15.6 Å². The maximum absolute atomic E-state index is 11.8. The van der Waals surface area contributed by atoms with Gasteiger partial charge in [-0.25, -0.2) is 13.1 Å². The monoisotopic (exact) mass is 274 g/mol. The highest BCUT2D eigenvalue weighted by molar-refractivity contribution is 7.89. The number of aliphatic hydroxyl groups is 1. The highest BCUT2D eigenvalue weighted by Crippen LogP contribution is 2.04. The number of aliphatic hydroxyl groups excluding tert-OH is 1. The number of aromatic amines is 1. The molecule has 6 nitrogen and oxygen atoms in total. The lowest BCUT2D eigenvalue weighted by Gasteiger charge is -2.06. The van der Waals surface area contributed by atoms with Gasteiger partial charge in [-0.2, -0.15) is 0 Å². The van der Waals surface area contributed by atoms with Gasteiger partial charge in [-0.05, 0) is 18.9 Å². The Morgan fingerprint density at radius 3 is 2.50 bits per heavy atom. The van der Waals surface area contributed by atoms with E-state index in [4.69, 9.17) is 5.11 Å². The zero-order valence-electron chi connectivity index (χ0n) is 10.1. The van der Waals surface area contributed by atoms with Crippen LogP contribution in [0.3, 0.4) is 0 Å². The number of aromatic nitrogens is 1. The fraction of sp³-hybridized carbons (Fsp3) is 0.545. The Kier molecular flexibility index (Phi) is 6.03. The van der Waals surface area contributed by atoms with Gasteiger partial charge < -0.3 is 10.1 Å². The van der Waals surface area contributed by atoms with Crippen LogP contribution in [-0.2, 0) is 10.0 Å². The van der Waals surface area contributed by atoms with E-state index in [9.17, 15) is 13.2 Å². The first-order chi connectivity index (χ1) is 8.56. The summed E-state index contributed by atoms with van der Waals surface area (Å²) in [5, 5.41) is 8.58. The molecule has 0 radical (unpaired) electrons. The average molecular weight is 274 g/mol. The summed E-state index contributed by atoms with van der Waals surface area (Å²) < 4.78 is 26.0. The summed E-state index contributed by atoms with van der Waals surface area (Å²) in [5.74, 6) is 0. The zero-order valence-corrected chi connectivity index (χ0v) is 10.9. The van der Waals surface area contributed by atoms with E-state index in [1.54, 1.807) is 0 Å². The van der Waals surface area contributed by atoms with Crippen molar-refractivity contribution in [3.05, 3.63) is 28.7 Å². The number of pyridine rings is 1. The van der Waals surface area contributed by atoms with E-state index >= 15 is 0 Å². The molecule has 0 aliphatic carbocycles. The minimum Gasteiger partial charge on any atom is -0.396 e. The molecular weight excluding hydrogens is 256 g/mol. The van der Waals surface area contributed by atoms with E-state index in [1.165, 1.54) is 18.3 Å². The lowest BCUT2D eigenvalue weighted by Crippen LogP contribution is -2.25. The van der Waals surface area contributed by atoms with Crippen LogP contribution in [0.1, 0.15) is 25.7 Å². The minimum atomic E-state index is -3.54. The molecular formula is C11H18N2O4S. The van der Waals surface area contributed by atoms with Crippen molar-refractivity contribution in [2.24, 2.45) is 0 Å². The number of hydrogen-bond donors (Lipinski definition) is 3.